The van der Waals surface area contributed by atoms with Crippen LogP contribution in [0.25, 0.3) is 5.52 Å². The van der Waals surface area contributed by atoms with Gasteiger partial charge in [-0.15, -0.1) is 0 Å². The Bertz CT molecular complexity index is 1260. The van der Waals surface area contributed by atoms with Gasteiger partial charge in [-0.2, -0.15) is 10.2 Å². The van der Waals surface area contributed by atoms with E-state index in [1.165, 1.54) is 11.7 Å². The van der Waals surface area contributed by atoms with Crippen LogP contribution in [0.2, 0.25) is 5.02 Å². The van der Waals surface area contributed by atoms with Crippen molar-refractivity contribution < 1.29 is 13.6 Å². The zero-order valence-corrected chi connectivity index (χ0v) is 16.5. The maximum absolute atomic E-state index is 13.4. The van der Waals surface area contributed by atoms with Gasteiger partial charge in [-0.25, -0.2) is 18.3 Å². The van der Waals surface area contributed by atoms with Gasteiger partial charge in [0.1, 0.15) is 17.4 Å². The Balaban J connectivity index is 1.62. The summed E-state index contributed by atoms with van der Waals surface area (Å²) >= 11 is 6.29. The average molecular weight is 432 g/mol. The monoisotopic (exact) mass is 431 g/mol. The number of halogens is 3. The van der Waals surface area contributed by atoms with Crippen LogP contribution in [0.1, 0.15) is 45.7 Å². The first-order valence-corrected chi connectivity index (χ1v) is 9.61. The van der Waals surface area contributed by atoms with Crippen molar-refractivity contribution in [3.8, 4) is 0 Å². The first-order valence-electron chi connectivity index (χ1n) is 9.23. The molecule has 5 heterocycles. The van der Waals surface area contributed by atoms with Crippen LogP contribution in [-0.2, 0) is 13.5 Å². The molecule has 4 aromatic heterocycles. The number of pyridine rings is 1. The standard InChI is InChI=1S/C19H16ClF2N7O/c1-27-15(8-13(25-27)18(21)22)19(30)28-6-4-11-16(24-9-23-11)17(28)12-7-14-10(20)3-2-5-29(14)26-12/h2-3,5,7-9,17-18H,4,6H2,1H3,(H,23,24)/t17-/m0/s1. The maximum atomic E-state index is 13.4. The molecule has 154 valence electrons. The Morgan fingerprint density at radius 3 is 2.90 bits per heavy atom. The number of hydrogen-bond donors (Lipinski definition) is 1. The van der Waals surface area contributed by atoms with Crippen molar-refractivity contribution >= 4 is 23.0 Å². The van der Waals surface area contributed by atoms with Crippen LogP contribution >= 0.6 is 11.6 Å². The van der Waals surface area contributed by atoms with Crippen molar-refractivity contribution in [2.45, 2.75) is 18.9 Å². The molecule has 0 bridgehead atoms. The highest BCUT2D eigenvalue weighted by Crippen LogP contribution is 2.35. The molecule has 0 unspecified atom stereocenters. The van der Waals surface area contributed by atoms with E-state index in [1.807, 2.05) is 6.07 Å². The third-order valence-electron chi connectivity index (χ3n) is 5.28. The van der Waals surface area contributed by atoms with Gasteiger partial charge in [0.05, 0.1) is 28.3 Å². The molecular weight excluding hydrogens is 416 g/mol. The van der Waals surface area contributed by atoms with E-state index < -0.39 is 24.1 Å². The number of hydrogen-bond acceptors (Lipinski definition) is 4. The van der Waals surface area contributed by atoms with Gasteiger partial charge in [-0.05, 0) is 24.3 Å². The van der Waals surface area contributed by atoms with Crippen molar-refractivity contribution in [2.75, 3.05) is 6.54 Å². The molecule has 0 fully saturated rings. The van der Waals surface area contributed by atoms with E-state index in [0.29, 0.717) is 34.9 Å². The lowest BCUT2D eigenvalue weighted by Crippen LogP contribution is -2.41. The molecule has 0 aromatic carbocycles. The average Bonchev–Trinajstić information content (AvgIpc) is 3.44. The number of aromatic nitrogens is 6. The molecule has 0 saturated heterocycles. The van der Waals surface area contributed by atoms with Crippen molar-refractivity contribution in [3.05, 3.63) is 70.3 Å². The first-order chi connectivity index (χ1) is 14.4. The molecule has 4 aromatic rings. The molecule has 1 N–H and O–H groups in total. The number of nitrogens with one attached hydrogen (secondary N) is 1. The van der Waals surface area contributed by atoms with Gasteiger partial charge in [-0.1, -0.05) is 11.6 Å². The Labute approximate surface area is 174 Å². The number of fused-ring (bicyclic) bond motifs is 2. The number of carbonyl (C=O) groups is 1. The van der Waals surface area contributed by atoms with Gasteiger partial charge in [0.2, 0.25) is 0 Å². The highest BCUT2D eigenvalue weighted by Gasteiger charge is 2.37. The lowest BCUT2D eigenvalue weighted by Gasteiger charge is -2.33. The summed E-state index contributed by atoms with van der Waals surface area (Å²) in [6.45, 7) is 0.371. The normalized spacial score (nSPS) is 16.4. The SMILES string of the molecule is Cn1nc(C(F)F)cc1C(=O)N1CCc2[nH]cnc2[C@@H]1c1cc2c(Cl)cccn2n1. The molecule has 1 amide bonds. The van der Waals surface area contributed by atoms with Crippen LogP contribution in [0.3, 0.4) is 0 Å². The molecule has 1 aliphatic rings. The summed E-state index contributed by atoms with van der Waals surface area (Å²) in [7, 11) is 1.47. The van der Waals surface area contributed by atoms with Gasteiger partial charge in [-0.3, -0.25) is 9.48 Å². The van der Waals surface area contributed by atoms with Crippen LogP contribution in [0, 0.1) is 0 Å². The first kappa shape index (κ1) is 18.7. The second kappa shape index (κ2) is 6.91. The predicted molar refractivity (Wildman–Crippen MR) is 104 cm³/mol. The van der Waals surface area contributed by atoms with Crippen molar-refractivity contribution in [1.82, 2.24) is 34.3 Å². The van der Waals surface area contributed by atoms with E-state index >= 15 is 0 Å². The number of carbonyl (C=O) groups excluding carboxylic acids is 1. The smallest absolute Gasteiger partial charge is 0.282 e. The summed E-state index contributed by atoms with van der Waals surface area (Å²) in [6.07, 6.45) is 1.15. The lowest BCUT2D eigenvalue weighted by atomic mass is 9.99. The fourth-order valence-corrected chi connectivity index (χ4v) is 4.09. The second-order valence-corrected chi connectivity index (χ2v) is 7.46. The van der Waals surface area contributed by atoms with Crippen LogP contribution in [0.15, 0.2) is 36.8 Å². The van der Waals surface area contributed by atoms with Gasteiger partial charge in [0.15, 0.2) is 0 Å². The molecule has 8 nitrogen and oxygen atoms in total. The number of amides is 1. The van der Waals surface area contributed by atoms with Crippen LogP contribution in [-0.4, -0.2) is 46.7 Å². The van der Waals surface area contributed by atoms with E-state index in [2.05, 4.69) is 20.2 Å². The molecule has 0 aliphatic carbocycles. The molecule has 5 rings (SSSR count). The fourth-order valence-electron chi connectivity index (χ4n) is 3.87. The summed E-state index contributed by atoms with van der Waals surface area (Å²) in [5.74, 6) is -0.418. The second-order valence-electron chi connectivity index (χ2n) is 7.05. The molecule has 0 spiro atoms. The lowest BCUT2D eigenvalue weighted by molar-refractivity contribution is 0.0675. The number of nitrogens with zero attached hydrogens (tertiary/aromatic N) is 6. The van der Waals surface area contributed by atoms with Crippen molar-refractivity contribution in [2.24, 2.45) is 7.05 Å². The minimum Gasteiger partial charge on any atom is -0.348 e. The third-order valence-corrected chi connectivity index (χ3v) is 5.60. The topological polar surface area (TPSA) is 84.1 Å². The predicted octanol–water partition coefficient (Wildman–Crippen LogP) is 3.17. The number of aryl methyl sites for hydroxylation is 1. The van der Waals surface area contributed by atoms with Crippen molar-refractivity contribution in [3.63, 3.8) is 0 Å². The fraction of sp³-hybridized carbons (Fsp3) is 0.263. The van der Waals surface area contributed by atoms with E-state index in [0.717, 1.165) is 11.8 Å². The van der Waals surface area contributed by atoms with Gasteiger partial charge in [0.25, 0.3) is 12.3 Å². The number of H-pyrrole nitrogens is 1. The Hall–Kier alpha value is -3.27. The molecular formula is C19H16ClF2N7O. The highest BCUT2D eigenvalue weighted by molar-refractivity contribution is 6.33. The summed E-state index contributed by atoms with van der Waals surface area (Å²) in [5, 5.41) is 8.89. The van der Waals surface area contributed by atoms with Gasteiger partial charge < -0.3 is 9.88 Å². The van der Waals surface area contributed by atoms with Gasteiger partial charge in [0, 0.05) is 31.9 Å². The van der Waals surface area contributed by atoms with E-state index in [4.69, 9.17) is 11.6 Å². The zero-order chi connectivity index (χ0) is 21.0. The third kappa shape index (κ3) is 2.86. The summed E-state index contributed by atoms with van der Waals surface area (Å²) in [4.78, 5) is 22.5. The van der Waals surface area contributed by atoms with E-state index in [9.17, 15) is 13.6 Å². The quantitative estimate of drug-likeness (QED) is 0.540. The van der Waals surface area contributed by atoms with Crippen LogP contribution in [0.4, 0.5) is 8.78 Å². The molecule has 11 heteroatoms. The zero-order valence-electron chi connectivity index (χ0n) is 15.8. The minimum absolute atomic E-state index is 0.0797. The maximum Gasteiger partial charge on any atom is 0.282 e. The number of imidazole rings is 1. The van der Waals surface area contributed by atoms with Crippen molar-refractivity contribution in [1.29, 1.82) is 0 Å². The van der Waals surface area contributed by atoms with E-state index in [1.54, 1.807) is 34.1 Å². The number of rotatable bonds is 3. The van der Waals surface area contributed by atoms with E-state index in [-0.39, 0.29) is 5.69 Å². The highest BCUT2D eigenvalue weighted by atomic mass is 35.5. The van der Waals surface area contributed by atoms with Crippen LogP contribution < -0.4 is 0 Å². The van der Waals surface area contributed by atoms with Crippen LogP contribution in [0.5, 0.6) is 0 Å². The molecule has 30 heavy (non-hydrogen) atoms. The Kier molecular flexibility index (Phi) is 4.31. The summed E-state index contributed by atoms with van der Waals surface area (Å²) < 4.78 is 29.0. The Morgan fingerprint density at radius 2 is 2.17 bits per heavy atom. The Morgan fingerprint density at radius 1 is 1.33 bits per heavy atom. The molecule has 0 saturated carbocycles. The minimum atomic E-state index is -2.76. The molecule has 1 atom stereocenters. The summed E-state index contributed by atoms with van der Waals surface area (Å²) in [6, 6.07) is 5.88. The number of aromatic amines is 1. The largest absolute Gasteiger partial charge is 0.348 e. The molecule has 1 aliphatic heterocycles. The number of alkyl halides is 2. The summed E-state index contributed by atoms with van der Waals surface area (Å²) in [5.41, 5.74) is 2.51. The molecule has 0 radical (unpaired) electrons. The van der Waals surface area contributed by atoms with Gasteiger partial charge >= 0.3 is 0 Å².